The average Bonchev–Trinajstić information content (AvgIpc) is 3.24. The Hall–Kier alpha value is -2.68. The number of hydrogen-bond donors (Lipinski definition) is 1. The highest BCUT2D eigenvalue weighted by atomic mass is 32.2. The van der Waals surface area contributed by atoms with E-state index >= 15 is 0 Å². The van der Waals surface area contributed by atoms with Crippen molar-refractivity contribution in [3.05, 3.63) is 41.6 Å². The Morgan fingerprint density at radius 2 is 1.96 bits per heavy atom. The van der Waals surface area contributed by atoms with Crippen molar-refractivity contribution in [2.45, 2.75) is 51.1 Å². The maximum absolute atomic E-state index is 12.6. The summed E-state index contributed by atoms with van der Waals surface area (Å²) in [5.74, 6) is 0.550. The van der Waals surface area contributed by atoms with Gasteiger partial charge in [-0.2, -0.15) is 9.78 Å². The van der Waals surface area contributed by atoms with E-state index in [2.05, 4.69) is 32.0 Å². The normalized spacial score (nSPS) is 12.4. The zero-order valence-corrected chi connectivity index (χ0v) is 16.9. The van der Waals surface area contributed by atoms with Crippen LogP contribution in [0.25, 0.3) is 5.69 Å². The summed E-state index contributed by atoms with van der Waals surface area (Å²) in [7, 11) is 0. The largest absolute Gasteiger partial charge is 0.310 e. The molecule has 0 spiro atoms. The minimum atomic E-state index is -0.379. The Morgan fingerprint density at radius 1 is 1.19 bits per heavy atom. The number of hydrogen-bond acceptors (Lipinski definition) is 6. The lowest BCUT2D eigenvalue weighted by atomic mass is 10.1. The third kappa shape index (κ3) is 4.19. The lowest BCUT2D eigenvalue weighted by Gasteiger charge is -2.15. The maximum Gasteiger partial charge on any atom is 0.238 e. The van der Waals surface area contributed by atoms with Gasteiger partial charge in [0.1, 0.15) is 5.82 Å². The van der Waals surface area contributed by atoms with Crippen molar-refractivity contribution in [2.24, 2.45) is 0 Å². The Kier molecular flexibility index (Phi) is 5.59. The smallest absolute Gasteiger partial charge is 0.238 e. The maximum atomic E-state index is 12.6. The van der Waals surface area contributed by atoms with Crippen LogP contribution < -0.4 is 5.32 Å². The van der Waals surface area contributed by atoms with Gasteiger partial charge in [-0.1, -0.05) is 29.5 Å². The molecule has 1 N–H and O–H groups in total. The number of carbonyl (C=O) groups excluding carboxylic acids is 1. The van der Waals surface area contributed by atoms with E-state index in [0.29, 0.717) is 11.0 Å². The fourth-order valence-corrected chi connectivity index (χ4v) is 3.51. The SMILES string of the molecule is Cc1ccc(-n2nnnc2SC(C)C(=O)Nc2ccnn2C(C)C)c(C)c1. The van der Waals surface area contributed by atoms with E-state index in [0.717, 1.165) is 11.3 Å². The highest BCUT2D eigenvalue weighted by Gasteiger charge is 2.21. The number of amides is 1. The average molecular weight is 385 g/mol. The van der Waals surface area contributed by atoms with Crippen LogP contribution in [-0.2, 0) is 4.79 Å². The number of aryl methyl sites for hydroxylation is 2. The molecule has 9 heteroatoms. The molecule has 1 unspecified atom stereocenters. The summed E-state index contributed by atoms with van der Waals surface area (Å²) in [6.07, 6.45) is 1.67. The number of tetrazole rings is 1. The monoisotopic (exact) mass is 385 g/mol. The van der Waals surface area contributed by atoms with Crippen molar-refractivity contribution in [3.8, 4) is 5.69 Å². The molecule has 0 radical (unpaired) electrons. The van der Waals surface area contributed by atoms with Crippen LogP contribution in [0.4, 0.5) is 5.82 Å². The van der Waals surface area contributed by atoms with E-state index in [-0.39, 0.29) is 17.2 Å². The van der Waals surface area contributed by atoms with E-state index in [9.17, 15) is 4.79 Å². The van der Waals surface area contributed by atoms with Gasteiger partial charge >= 0.3 is 0 Å². The fourth-order valence-electron chi connectivity index (χ4n) is 2.71. The number of carbonyl (C=O) groups is 1. The van der Waals surface area contributed by atoms with Crippen LogP contribution in [0.3, 0.4) is 0 Å². The number of rotatable bonds is 6. The van der Waals surface area contributed by atoms with Crippen molar-refractivity contribution >= 4 is 23.5 Å². The Bertz CT molecular complexity index is 947. The molecule has 0 aliphatic rings. The van der Waals surface area contributed by atoms with Gasteiger partial charge < -0.3 is 5.32 Å². The summed E-state index contributed by atoms with van der Waals surface area (Å²) < 4.78 is 3.44. The summed E-state index contributed by atoms with van der Waals surface area (Å²) in [4.78, 5) is 12.6. The van der Waals surface area contributed by atoms with Crippen LogP contribution in [0.5, 0.6) is 0 Å². The Morgan fingerprint density at radius 3 is 2.67 bits per heavy atom. The molecule has 3 rings (SSSR count). The van der Waals surface area contributed by atoms with E-state index in [4.69, 9.17) is 0 Å². The summed E-state index contributed by atoms with van der Waals surface area (Å²) >= 11 is 1.31. The molecule has 0 saturated carbocycles. The van der Waals surface area contributed by atoms with Gasteiger partial charge in [0, 0.05) is 12.1 Å². The van der Waals surface area contributed by atoms with Crippen molar-refractivity contribution < 1.29 is 4.79 Å². The molecule has 0 aliphatic heterocycles. The Labute approximate surface area is 162 Å². The highest BCUT2D eigenvalue weighted by molar-refractivity contribution is 8.00. The summed E-state index contributed by atoms with van der Waals surface area (Å²) in [5, 5.41) is 19.3. The van der Waals surface area contributed by atoms with E-state index in [1.165, 1.54) is 17.3 Å². The lowest BCUT2D eigenvalue weighted by Crippen LogP contribution is -2.25. The molecule has 2 aromatic heterocycles. The predicted octanol–water partition coefficient (Wildman–Crippen LogP) is 3.18. The zero-order valence-electron chi connectivity index (χ0n) is 16.0. The molecule has 0 fully saturated rings. The standard InChI is InChI=1S/C18H23N7OS/c1-11(2)24-16(8-9-19-24)20-17(26)14(5)27-18-21-22-23-25(18)15-7-6-12(3)10-13(15)4/h6-11,14H,1-5H3,(H,20,26). The number of nitrogens with zero attached hydrogens (tertiary/aromatic N) is 6. The number of anilines is 1. The van der Waals surface area contributed by atoms with E-state index in [1.807, 2.05) is 46.8 Å². The first kappa shape index (κ1) is 19.1. The minimum Gasteiger partial charge on any atom is -0.310 e. The van der Waals surface area contributed by atoms with Gasteiger partial charge in [0.15, 0.2) is 0 Å². The van der Waals surface area contributed by atoms with E-state index in [1.54, 1.807) is 21.6 Å². The van der Waals surface area contributed by atoms with Crippen molar-refractivity contribution in [1.29, 1.82) is 0 Å². The van der Waals surface area contributed by atoms with Gasteiger partial charge in [0.2, 0.25) is 11.1 Å². The predicted molar refractivity (Wildman–Crippen MR) is 105 cm³/mol. The third-order valence-corrected chi connectivity index (χ3v) is 5.12. The minimum absolute atomic E-state index is 0.127. The van der Waals surface area contributed by atoms with E-state index < -0.39 is 0 Å². The Balaban J connectivity index is 1.75. The highest BCUT2D eigenvalue weighted by Crippen LogP contribution is 2.25. The molecule has 1 aromatic carbocycles. The zero-order chi connectivity index (χ0) is 19.6. The van der Waals surface area contributed by atoms with Crippen LogP contribution >= 0.6 is 11.8 Å². The molecule has 3 aromatic rings. The van der Waals surface area contributed by atoms with Gasteiger partial charge in [-0.05, 0) is 56.7 Å². The second kappa shape index (κ2) is 7.91. The van der Waals surface area contributed by atoms with Crippen molar-refractivity contribution in [3.63, 3.8) is 0 Å². The van der Waals surface area contributed by atoms with Crippen molar-refractivity contribution in [2.75, 3.05) is 5.32 Å². The molecule has 27 heavy (non-hydrogen) atoms. The molecule has 2 heterocycles. The fraction of sp³-hybridized carbons (Fsp3) is 0.389. The number of nitrogens with one attached hydrogen (secondary N) is 1. The third-order valence-electron chi connectivity index (χ3n) is 4.08. The van der Waals surface area contributed by atoms with Gasteiger partial charge in [0.25, 0.3) is 0 Å². The molecule has 8 nitrogen and oxygen atoms in total. The number of benzene rings is 1. The molecular weight excluding hydrogens is 362 g/mol. The van der Waals surface area contributed by atoms with Crippen LogP contribution in [0.2, 0.25) is 0 Å². The number of aromatic nitrogens is 6. The molecular formula is C18H23N7OS. The van der Waals surface area contributed by atoms with Crippen LogP contribution in [0, 0.1) is 13.8 Å². The second-order valence-electron chi connectivity index (χ2n) is 6.67. The topological polar surface area (TPSA) is 90.5 Å². The van der Waals surface area contributed by atoms with Gasteiger partial charge in [0.05, 0.1) is 17.1 Å². The van der Waals surface area contributed by atoms with Gasteiger partial charge in [-0.3, -0.25) is 4.79 Å². The van der Waals surface area contributed by atoms with Crippen LogP contribution in [-0.4, -0.2) is 41.1 Å². The quantitative estimate of drug-likeness (QED) is 0.656. The first-order chi connectivity index (χ1) is 12.9. The van der Waals surface area contributed by atoms with Gasteiger partial charge in [-0.15, -0.1) is 5.10 Å². The first-order valence-corrected chi connectivity index (χ1v) is 9.62. The second-order valence-corrected chi connectivity index (χ2v) is 7.98. The summed E-state index contributed by atoms with van der Waals surface area (Å²) in [6, 6.07) is 8.03. The molecule has 142 valence electrons. The van der Waals surface area contributed by atoms with Gasteiger partial charge in [-0.25, -0.2) is 4.68 Å². The molecule has 0 saturated heterocycles. The van der Waals surface area contributed by atoms with Crippen LogP contribution in [0.15, 0.2) is 35.6 Å². The molecule has 1 amide bonds. The molecule has 0 aliphatic carbocycles. The number of thioether (sulfide) groups is 1. The van der Waals surface area contributed by atoms with Crippen molar-refractivity contribution in [1.82, 2.24) is 30.0 Å². The van der Waals surface area contributed by atoms with Crippen LogP contribution in [0.1, 0.15) is 37.9 Å². The first-order valence-electron chi connectivity index (χ1n) is 8.74. The summed E-state index contributed by atoms with van der Waals surface area (Å²) in [6.45, 7) is 9.91. The summed E-state index contributed by atoms with van der Waals surface area (Å²) in [5.41, 5.74) is 3.15. The molecule has 1 atom stereocenters. The molecule has 0 bridgehead atoms. The lowest BCUT2D eigenvalue weighted by molar-refractivity contribution is -0.115.